The summed E-state index contributed by atoms with van der Waals surface area (Å²) in [6, 6.07) is 25.1. The number of carbonyl (C=O) groups excluding carboxylic acids is 2. The molecular weight excluding hydrogens is 494 g/mol. The van der Waals surface area contributed by atoms with Gasteiger partial charge in [0.15, 0.2) is 0 Å². The van der Waals surface area contributed by atoms with Gasteiger partial charge in [0.1, 0.15) is 18.2 Å². The predicted molar refractivity (Wildman–Crippen MR) is 147 cm³/mol. The van der Waals surface area contributed by atoms with Gasteiger partial charge in [-0.05, 0) is 47.6 Å². The molecule has 1 aliphatic carbocycles. The Balaban J connectivity index is 1.14. The fourth-order valence-corrected chi connectivity index (χ4v) is 5.55. The number of benzene rings is 3. The molecule has 2 amide bonds. The lowest BCUT2D eigenvalue weighted by atomic mass is 9.87. The number of amides is 2. The summed E-state index contributed by atoms with van der Waals surface area (Å²) in [5.41, 5.74) is 4.23. The SMILES string of the molecule is CC(NC(=O)OCC1c2ccccc2-c2ccccc21)C(=O)NC1(C(=O)O)CCN(Cc2ccccc2)CC1. The minimum absolute atomic E-state index is 0.0939. The smallest absolute Gasteiger partial charge is 0.407 e. The highest BCUT2D eigenvalue weighted by Gasteiger charge is 2.43. The number of aliphatic carboxylic acids is 1. The molecule has 0 spiro atoms. The van der Waals surface area contributed by atoms with Crippen molar-refractivity contribution < 1.29 is 24.2 Å². The Morgan fingerprint density at radius 2 is 1.49 bits per heavy atom. The molecule has 0 aromatic heterocycles. The third-order valence-electron chi connectivity index (χ3n) is 7.80. The van der Waals surface area contributed by atoms with Crippen molar-refractivity contribution in [3.05, 3.63) is 95.6 Å². The van der Waals surface area contributed by atoms with E-state index in [-0.39, 0.29) is 25.4 Å². The molecule has 3 N–H and O–H groups in total. The largest absolute Gasteiger partial charge is 0.480 e. The minimum atomic E-state index is -1.37. The summed E-state index contributed by atoms with van der Waals surface area (Å²) in [6.07, 6.45) is -0.168. The summed E-state index contributed by atoms with van der Waals surface area (Å²) in [7, 11) is 0. The van der Waals surface area contributed by atoms with E-state index in [0.29, 0.717) is 13.1 Å². The van der Waals surface area contributed by atoms with Crippen molar-refractivity contribution in [1.29, 1.82) is 0 Å². The first kappa shape index (κ1) is 26.4. The summed E-state index contributed by atoms with van der Waals surface area (Å²) in [6.45, 7) is 3.46. The van der Waals surface area contributed by atoms with Crippen LogP contribution in [0.2, 0.25) is 0 Å². The Kier molecular flexibility index (Phi) is 7.65. The number of ether oxygens (including phenoxy) is 1. The molecule has 0 radical (unpaired) electrons. The first-order valence-electron chi connectivity index (χ1n) is 13.3. The molecule has 1 saturated heterocycles. The van der Waals surface area contributed by atoms with Gasteiger partial charge in [0, 0.05) is 25.6 Å². The number of piperidine rings is 1. The molecule has 2 aliphatic rings. The van der Waals surface area contributed by atoms with Crippen molar-refractivity contribution in [2.24, 2.45) is 0 Å². The molecule has 8 nitrogen and oxygen atoms in total. The molecule has 1 atom stereocenters. The molecular formula is C31H33N3O5. The van der Waals surface area contributed by atoms with Crippen LogP contribution < -0.4 is 10.6 Å². The second-order valence-corrected chi connectivity index (χ2v) is 10.3. The van der Waals surface area contributed by atoms with E-state index >= 15 is 0 Å². The number of hydrogen-bond donors (Lipinski definition) is 3. The van der Waals surface area contributed by atoms with Crippen LogP contribution in [0.4, 0.5) is 4.79 Å². The van der Waals surface area contributed by atoms with Crippen molar-refractivity contribution in [3.63, 3.8) is 0 Å². The van der Waals surface area contributed by atoms with Crippen LogP contribution in [0, 0.1) is 0 Å². The van der Waals surface area contributed by atoms with Gasteiger partial charge in [-0.15, -0.1) is 0 Å². The fraction of sp³-hybridized carbons (Fsp3) is 0.323. The van der Waals surface area contributed by atoms with Crippen molar-refractivity contribution >= 4 is 18.0 Å². The Morgan fingerprint density at radius 1 is 0.923 bits per heavy atom. The Labute approximate surface area is 228 Å². The number of alkyl carbamates (subject to hydrolysis) is 1. The van der Waals surface area contributed by atoms with E-state index in [1.807, 2.05) is 66.7 Å². The quantitative estimate of drug-likeness (QED) is 0.406. The summed E-state index contributed by atoms with van der Waals surface area (Å²) >= 11 is 0. The number of hydrogen-bond acceptors (Lipinski definition) is 5. The highest BCUT2D eigenvalue weighted by molar-refractivity contribution is 5.91. The highest BCUT2D eigenvalue weighted by atomic mass is 16.5. The van der Waals surface area contributed by atoms with E-state index in [1.165, 1.54) is 6.92 Å². The standard InChI is InChI=1S/C31H33N3O5/c1-21(28(35)33-31(29(36)37)15-17-34(18-16-31)19-22-9-3-2-4-10-22)32-30(38)39-20-27-25-13-7-5-11-23(25)24-12-6-8-14-26(24)27/h2-14,21,27H,15-20H2,1H3,(H,32,38)(H,33,35)(H,36,37). The first-order valence-corrected chi connectivity index (χ1v) is 13.3. The normalized spacial score (nSPS) is 16.9. The Bertz CT molecular complexity index is 1310. The van der Waals surface area contributed by atoms with Crippen molar-refractivity contribution in [2.45, 2.75) is 43.8 Å². The lowest BCUT2D eigenvalue weighted by Crippen LogP contribution is -2.62. The monoisotopic (exact) mass is 527 g/mol. The van der Waals surface area contributed by atoms with Gasteiger partial charge in [0.25, 0.3) is 0 Å². The third-order valence-corrected chi connectivity index (χ3v) is 7.80. The molecule has 0 saturated carbocycles. The molecule has 1 fully saturated rings. The summed E-state index contributed by atoms with van der Waals surface area (Å²) in [5.74, 6) is -1.71. The van der Waals surface area contributed by atoms with Gasteiger partial charge in [0.05, 0.1) is 0 Å². The molecule has 0 bridgehead atoms. The van der Waals surface area contributed by atoms with Crippen LogP contribution >= 0.6 is 0 Å². The van der Waals surface area contributed by atoms with Gasteiger partial charge in [-0.25, -0.2) is 9.59 Å². The Hall–Kier alpha value is -4.17. The lowest BCUT2D eigenvalue weighted by molar-refractivity contribution is -0.150. The second kappa shape index (κ2) is 11.3. The van der Waals surface area contributed by atoms with Crippen LogP contribution in [-0.2, 0) is 20.9 Å². The van der Waals surface area contributed by atoms with Gasteiger partial charge in [-0.2, -0.15) is 0 Å². The maximum atomic E-state index is 13.0. The number of likely N-dealkylation sites (tertiary alicyclic amines) is 1. The third kappa shape index (κ3) is 5.66. The predicted octanol–water partition coefficient (Wildman–Crippen LogP) is 4.15. The van der Waals surface area contributed by atoms with Crippen LogP contribution in [0.5, 0.6) is 0 Å². The van der Waals surface area contributed by atoms with Gasteiger partial charge >= 0.3 is 12.1 Å². The summed E-state index contributed by atoms with van der Waals surface area (Å²) < 4.78 is 5.54. The number of carboxylic acid groups (broad SMARTS) is 1. The van der Waals surface area contributed by atoms with Crippen molar-refractivity contribution in [1.82, 2.24) is 15.5 Å². The minimum Gasteiger partial charge on any atom is -0.480 e. The maximum absolute atomic E-state index is 13.0. The topological polar surface area (TPSA) is 108 Å². The molecule has 1 heterocycles. The maximum Gasteiger partial charge on any atom is 0.407 e. The van der Waals surface area contributed by atoms with E-state index in [4.69, 9.17) is 4.74 Å². The Morgan fingerprint density at radius 3 is 2.08 bits per heavy atom. The van der Waals surface area contributed by atoms with Crippen LogP contribution in [0.15, 0.2) is 78.9 Å². The molecule has 39 heavy (non-hydrogen) atoms. The van der Waals surface area contributed by atoms with Crippen molar-refractivity contribution in [2.75, 3.05) is 19.7 Å². The number of carboxylic acids is 1. The average Bonchev–Trinajstić information content (AvgIpc) is 3.27. The number of fused-ring (bicyclic) bond motifs is 3. The van der Waals surface area contributed by atoms with E-state index < -0.39 is 29.6 Å². The van der Waals surface area contributed by atoms with Crippen LogP contribution in [0.25, 0.3) is 11.1 Å². The highest BCUT2D eigenvalue weighted by Crippen LogP contribution is 2.44. The summed E-state index contributed by atoms with van der Waals surface area (Å²) in [5, 5.41) is 15.3. The van der Waals surface area contributed by atoms with Gasteiger partial charge in [-0.3, -0.25) is 9.69 Å². The number of rotatable bonds is 8. The molecule has 1 unspecified atom stereocenters. The second-order valence-electron chi connectivity index (χ2n) is 10.3. The van der Waals surface area contributed by atoms with Crippen LogP contribution in [0.1, 0.15) is 42.4 Å². The van der Waals surface area contributed by atoms with Gasteiger partial charge in [-0.1, -0.05) is 78.9 Å². The number of nitrogens with one attached hydrogen (secondary N) is 2. The van der Waals surface area contributed by atoms with Crippen LogP contribution in [-0.4, -0.2) is 59.3 Å². The van der Waals surface area contributed by atoms with Crippen molar-refractivity contribution in [3.8, 4) is 11.1 Å². The fourth-order valence-electron chi connectivity index (χ4n) is 5.55. The van der Waals surface area contributed by atoms with Crippen LogP contribution in [0.3, 0.4) is 0 Å². The molecule has 3 aromatic carbocycles. The zero-order valence-electron chi connectivity index (χ0n) is 21.9. The number of carbonyl (C=O) groups is 3. The first-order chi connectivity index (χ1) is 18.9. The lowest BCUT2D eigenvalue weighted by Gasteiger charge is -2.39. The zero-order valence-corrected chi connectivity index (χ0v) is 21.9. The average molecular weight is 528 g/mol. The molecule has 202 valence electrons. The van der Waals surface area contributed by atoms with E-state index in [0.717, 1.165) is 34.4 Å². The molecule has 1 aliphatic heterocycles. The summed E-state index contributed by atoms with van der Waals surface area (Å²) in [4.78, 5) is 40.0. The van der Waals surface area contributed by atoms with E-state index in [2.05, 4.69) is 27.7 Å². The zero-order chi connectivity index (χ0) is 27.4. The number of nitrogens with zero attached hydrogens (tertiary/aromatic N) is 1. The van der Waals surface area contributed by atoms with Gasteiger partial charge < -0.3 is 20.5 Å². The van der Waals surface area contributed by atoms with E-state index in [1.54, 1.807) is 0 Å². The molecule has 5 rings (SSSR count). The molecule has 8 heteroatoms. The van der Waals surface area contributed by atoms with E-state index in [9.17, 15) is 19.5 Å². The molecule has 3 aromatic rings. The van der Waals surface area contributed by atoms with Gasteiger partial charge in [0.2, 0.25) is 5.91 Å².